The van der Waals surface area contributed by atoms with Crippen LogP contribution in [0.5, 0.6) is 0 Å². The second-order valence-corrected chi connectivity index (χ2v) is 5.48. The van der Waals surface area contributed by atoms with Gasteiger partial charge < -0.3 is 9.84 Å². The van der Waals surface area contributed by atoms with Crippen LogP contribution in [0.15, 0.2) is 15.1 Å². The van der Waals surface area contributed by atoms with Crippen LogP contribution in [0.3, 0.4) is 0 Å². The number of carbonyl (C=O) groups excluding carboxylic acids is 1. The van der Waals surface area contributed by atoms with Gasteiger partial charge in [-0.25, -0.2) is 0 Å². The van der Waals surface area contributed by atoms with E-state index >= 15 is 0 Å². The molecule has 0 spiro atoms. The van der Waals surface area contributed by atoms with Crippen molar-refractivity contribution in [1.29, 1.82) is 0 Å². The highest BCUT2D eigenvalue weighted by Crippen LogP contribution is 2.27. The van der Waals surface area contributed by atoms with Gasteiger partial charge in [-0.1, -0.05) is 18.7 Å². The van der Waals surface area contributed by atoms with Crippen LogP contribution < -0.4 is 5.56 Å². The van der Waals surface area contributed by atoms with Crippen molar-refractivity contribution < 1.29 is 19.4 Å². The summed E-state index contributed by atoms with van der Waals surface area (Å²) in [5, 5.41) is 19.9. The maximum Gasteiger partial charge on any atom is 0.325 e. The molecule has 9 nitrogen and oxygen atoms in total. The van der Waals surface area contributed by atoms with E-state index in [1.54, 1.807) is 0 Å². The van der Waals surface area contributed by atoms with Gasteiger partial charge in [-0.3, -0.25) is 14.4 Å². The summed E-state index contributed by atoms with van der Waals surface area (Å²) in [5.74, 6) is -1.50. The molecular weight excluding hydrogens is 312 g/mol. The Morgan fingerprint density at radius 1 is 1.41 bits per heavy atom. The molecule has 1 aliphatic heterocycles. The second kappa shape index (κ2) is 6.69. The number of rotatable bonds is 5. The molecule has 1 aliphatic rings. The number of nitrogens with zero attached hydrogens (tertiary/aromatic N) is 4. The summed E-state index contributed by atoms with van der Waals surface area (Å²) in [7, 11) is 1.28. The molecule has 1 atom stereocenters. The zero-order chi connectivity index (χ0) is 16.3. The average molecular weight is 326 g/mol. The molecule has 0 aliphatic carbocycles. The first kappa shape index (κ1) is 16.1. The van der Waals surface area contributed by atoms with Gasteiger partial charge in [0.1, 0.15) is 10.9 Å². The third-order valence-electron chi connectivity index (χ3n) is 2.98. The monoisotopic (exact) mass is 326 g/mol. The molecule has 0 fully saturated rings. The van der Waals surface area contributed by atoms with Crippen LogP contribution in [0.1, 0.15) is 25.5 Å². The van der Waals surface area contributed by atoms with E-state index in [0.29, 0.717) is 12.1 Å². The van der Waals surface area contributed by atoms with Crippen molar-refractivity contribution >= 4 is 29.4 Å². The third-order valence-corrected chi connectivity index (χ3v) is 4.15. The molecule has 0 unspecified atom stereocenters. The van der Waals surface area contributed by atoms with Gasteiger partial charge >= 0.3 is 11.9 Å². The fourth-order valence-electron chi connectivity index (χ4n) is 1.84. The molecule has 1 aromatic rings. The predicted octanol–water partition coefficient (Wildman–Crippen LogP) is -0.0831. The molecular formula is C12H14N4O5S. The number of thioether (sulfide) groups is 1. The minimum Gasteiger partial charge on any atom is -0.481 e. The van der Waals surface area contributed by atoms with Gasteiger partial charge in [-0.15, -0.1) is 10.2 Å². The number of carbonyl (C=O) groups is 2. The molecule has 2 rings (SSSR count). The van der Waals surface area contributed by atoms with Crippen LogP contribution in [-0.2, 0) is 20.7 Å². The number of aryl methyl sites for hydroxylation is 1. The summed E-state index contributed by atoms with van der Waals surface area (Å²) in [6.07, 6.45) is 0.223. The van der Waals surface area contributed by atoms with E-state index < -0.39 is 22.7 Å². The van der Waals surface area contributed by atoms with Crippen molar-refractivity contribution in [2.24, 2.45) is 5.10 Å². The topological polar surface area (TPSA) is 124 Å². The van der Waals surface area contributed by atoms with Crippen LogP contribution in [0.25, 0.3) is 0 Å². The molecule has 118 valence electrons. The lowest BCUT2D eigenvalue weighted by molar-refractivity contribution is -0.139. The number of ether oxygens (including phenoxy) is 1. The molecule has 0 saturated carbocycles. The van der Waals surface area contributed by atoms with Crippen LogP contribution in [0, 0.1) is 0 Å². The van der Waals surface area contributed by atoms with E-state index in [2.05, 4.69) is 15.3 Å². The fourth-order valence-corrected chi connectivity index (χ4v) is 2.91. The lowest BCUT2D eigenvalue weighted by Gasteiger charge is -2.21. The van der Waals surface area contributed by atoms with E-state index in [1.807, 2.05) is 6.92 Å². The Hall–Kier alpha value is -2.23. The van der Waals surface area contributed by atoms with Gasteiger partial charge in [-0.2, -0.15) is 9.78 Å². The van der Waals surface area contributed by atoms with Crippen molar-refractivity contribution in [3.63, 3.8) is 0 Å². The summed E-state index contributed by atoms with van der Waals surface area (Å²) >= 11 is 1.04. The lowest BCUT2D eigenvalue weighted by atomic mass is 10.2. The van der Waals surface area contributed by atoms with Crippen molar-refractivity contribution in [3.8, 4) is 0 Å². The summed E-state index contributed by atoms with van der Waals surface area (Å²) in [6, 6.07) is 0. The predicted molar refractivity (Wildman–Crippen MR) is 77.0 cm³/mol. The largest absolute Gasteiger partial charge is 0.481 e. The van der Waals surface area contributed by atoms with Crippen molar-refractivity contribution in [2.75, 3.05) is 7.11 Å². The van der Waals surface area contributed by atoms with Crippen LogP contribution in [0.2, 0.25) is 0 Å². The molecule has 1 N–H and O–H groups in total. The zero-order valence-corrected chi connectivity index (χ0v) is 12.8. The summed E-state index contributed by atoms with van der Waals surface area (Å²) in [5.41, 5.74) is -0.000813. The van der Waals surface area contributed by atoms with Gasteiger partial charge in [0, 0.05) is 6.42 Å². The zero-order valence-electron chi connectivity index (χ0n) is 12.0. The maximum atomic E-state index is 12.3. The average Bonchev–Trinajstić information content (AvgIpc) is 2.52. The molecule has 0 bridgehead atoms. The van der Waals surface area contributed by atoms with Gasteiger partial charge in [-0.05, 0) is 6.42 Å². The first-order valence-corrected chi connectivity index (χ1v) is 7.38. The number of fused-ring (bicyclic) bond motifs is 1. The van der Waals surface area contributed by atoms with Crippen molar-refractivity contribution in [2.45, 2.75) is 36.6 Å². The molecule has 10 heteroatoms. The number of aliphatic carboxylic acids is 1. The lowest BCUT2D eigenvalue weighted by Crippen LogP contribution is -2.36. The number of carboxylic acids is 1. The maximum absolute atomic E-state index is 12.3. The normalized spacial score (nSPS) is 16.6. The number of esters is 1. The fraction of sp³-hybridized carbons (Fsp3) is 0.500. The Balaban J connectivity index is 2.40. The van der Waals surface area contributed by atoms with Gasteiger partial charge in [0.05, 0.1) is 19.2 Å². The highest BCUT2D eigenvalue weighted by molar-refractivity contribution is 8.01. The van der Waals surface area contributed by atoms with Gasteiger partial charge in [0.2, 0.25) is 5.16 Å². The molecule has 2 heterocycles. The van der Waals surface area contributed by atoms with E-state index in [0.717, 1.165) is 16.4 Å². The van der Waals surface area contributed by atoms with Crippen LogP contribution in [-0.4, -0.2) is 50.0 Å². The molecule has 0 saturated heterocycles. The number of hydrogen-bond donors (Lipinski definition) is 1. The van der Waals surface area contributed by atoms with E-state index in [9.17, 15) is 14.4 Å². The quantitative estimate of drug-likeness (QED) is 0.745. The Morgan fingerprint density at radius 3 is 2.73 bits per heavy atom. The molecule has 0 aromatic carbocycles. The van der Waals surface area contributed by atoms with E-state index in [-0.39, 0.29) is 23.7 Å². The number of methoxy groups -OCH3 is 1. The Morgan fingerprint density at radius 2 is 2.14 bits per heavy atom. The number of hydrogen-bond acceptors (Lipinski definition) is 8. The Bertz CT molecular complexity index is 699. The van der Waals surface area contributed by atoms with Crippen molar-refractivity contribution in [3.05, 3.63) is 16.0 Å². The number of aromatic nitrogens is 3. The Kier molecular flexibility index (Phi) is 4.91. The minimum atomic E-state index is -1.03. The molecule has 0 radical (unpaired) electrons. The summed E-state index contributed by atoms with van der Waals surface area (Å²) < 4.78 is 5.78. The minimum absolute atomic E-state index is 0.0243. The molecule has 0 amide bonds. The highest BCUT2D eigenvalue weighted by Gasteiger charge is 2.32. The first-order valence-electron chi connectivity index (χ1n) is 6.50. The smallest absolute Gasteiger partial charge is 0.325 e. The molecule has 22 heavy (non-hydrogen) atoms. The van der Waals surface area contributed by atoms with E-state index in [4.69, 9.17) is 9.84 Å². The van der Waals surface area contributed by atoms with Gasteiger partial charge in [0.15, 0.2) is 0 Å². The van der Waals surface area contributed by atoms with E-state index in [1.165, 1.54) is 7.11 Å². The Labute approximate surface area is 129 Å². The van der Waals surface area contributed by atoms with Gasteiger partial charge in [0.25, 0.3) is 5.56 Å². The summed E-state index contributed by atoms with van der Waals surface area (Å²) in [4.78, 5) is 34.6. The highest BCUT2D eigenvalue weighted by atomic mass is 32.2. The number of carboxylic acid groups (broad SMARTS) is 1. The first-order chi connectivity index (χ1) is 10.5. The third kappa shape index (κ3) is 3.16. The molecule has 1 aromatic heterocycles. The summed E-state index contributed by atoms with van der Waals surface area (Å²) in [6.45, 7) is 1.81. The van der Waals surface area contributed by atoms with Crippen LogP contribution in [0.4, 0.5) is 0 Å². The standard InChI is InChI=1S/C12H14N4O5S/c1-3-6-9(11(20)21-2)22-12-14-13-7(4-5-8(17)18)10(19)16(12)15-6/h9H,3-5H2,1-2H3,(H,17,18)/t9-/m1/s1. The second-order valence-electron chi connectivity index (χ2n) is 4.41. The van der Waals surface area contributed by atoms with Crippen LogP contribution >= 0.6 is 11.8 Å². The van der Waals surface area contributed by atoms with Crippen molar-refractivity contribution in [1.82, 2.24) is 14.9 Å². The SMILES string of the molecule is CCC1=Nn2c(nnc(CCC(=O)O)c2=O)S[C@H]1C(=O)OC.